The number of hydrogen-bond donors (Lipinski definition) is 23. The zero-order valence-corrected chi connectivity index (χ0v) is 73.2. The molecule has 43 nitrogen and oxygen atoms in total. The molecule has 3 aromatic heterocycles. The van der Waals surface area contributed by atoms with Crippen LogP contribution in [0.15, 0.2) is 183 Å². The van der Waals surface area contributed by atoms with E-state index in [-0.39, 0.29) is 69.4 Å². The van der Waals surface area contributed by atoms with E-state index in [0.717, 1.165) is 11.8 Å². The lowest BCUT2D eigenvalue weighted by molar-refractivity contribution is -0.143. The van der Waals surface area contributed by atoms with Gasteiger partial charge < -0.3 is 126 Å². The van der Waals surface area contributed by atoms with Crippen molar-refractivity contribution in [3.63, 3.8) is 0 Å². The number of carbonyl (C=O) groups is 18. The highest BCUT2D eigenvalue weighted by Gasteiger charge is 2.43. The fraction of sp³-hybridized carbons (Fsp3) is 0.337. The number of phenolic OH excluding ortho intramolecular Hbond substituents is 2. The van der Waals surface area contributed by atoms with Gasteiger partial charge in [-0.1, -0.05) is 121 Å². The minimum absolute atomic E-state index is 0.104. The summed E-state index contributed by atoms with van der Waals surface area (Å²) in [7, 11) is 0. The van der Waals surface area contributed by atoms with Crippen LogP contribution >= 0.6 is 0 Å². The fourth-order valence-electron chi connectivity index (χ4n) is 15.5. The molecule has 2 fully saturated rings. The molecular weight excluding hydrogens is 1750 g/mol. The summed E-state index contributed by atoms with van der Waals surface area (Å²) >= 11 is 0. The molecule has 0 unspecified atom stereocenters. The molecule has 14 atom stereocenters. The SMILES string of the molecule is C[C@@H]1NC(=O)[C@@H]([C@@H](C)O)NC(=O)CNC(=O)[C@@H](Cc2cnc[nH]2)NC(=O)[C@H](Cc2c[nH]c3ccccc23)NC(=O)[C@@H](CC(N)=O)NC(=O)CNC(=O)C[C@H](C(=O)N[C@@H](Cc2c[nH]c3ccccc23)C(=O)N[C@@H](Cc2ccccc2)C(=O)N[C@@H](Cc2ccccc2)C(=O)N[C@@H](CC(N)=O)C(=O)N[C@@H](Cc2ccc(O)cc2)C(=O)N[C@@H](Cc2ccc(O)cc2)C(=O)O)NC(=O)[C@H]2CCCN2C1=O. The van der Waals surface area contributed by atoms with Crippen LogP contribution in [0.25, 0.3) is 21.8 Å². The Balaban J connectivity index is 0.890. The Hall–Kier alpha value is -16.4. The predicted molar refractivity (Wildman–Crippen MR) is 481 cm³/mol. The normalized spacial score (nSPS) is 19.6. The summed E-state index contributed by atoms with van der Waals surface area (Å²) in [6, 6.07) is 18.1. The van der Waals surface area contributed by atoms with Gasteiger partial charge in [-0.25, -0.2) is 9.78 Å². The van der Waals surface area contributed by atoms with Crippen LogP contribution in [0.1, 0.15) is 85.0 Å². The summed E-state index contributed by atoms with van der Waals surface area (Å²) in [6.45, 7) is 0.308. The molecule has 43 heteroatoms. The quantitative estimate of drug-likeness (QED) is 0.0194. The van der Waals surface area contributed by atoms with Gasteiger partial charge in [-0.05, 0) is 96.5 Å². The first kappa shape index (κ1) is 99.2. The number of carboxylic acid groups (broad SMARTS) is 1. The molecule has 9 aromatic rings. The molecule has 25 N–H and O–H groups in total. The van der Waals surface area contributed by atoms with Crippen molar-refractivity contribution >= 4 is 128 Å². The van der Waals surface area contributed by atoms with Gasteiger partial charge in [0.25, 0.3) is 0 Å². The van der Waals surface area contributed by atoms with Gasteiger partial charge in [0.1, 0.15) is 90.0 Å². The van der Waals surface area contributed by atoms with E-state index in [1.807, 2.05) is 0 Å². The number of nitrogens with zero attached hydrogens (tertiary/aromatic N) is 2. The van der Waals surface area contributed by atoms with Crippen LogP contribution in [0.3, 0.4) is 0 Å². The van der Waals surface area contributed by atoms with E-state index in [4.69, 9.17) is 11.5 Å². The molecule has 11 rings (SSSR count). The van der Waals surface area contributed by atoms with Crippen LogP contribution in [-0.4, -0.2) is 256 Å². The standard InChI is InChI=1S/C92H105N21O22/c1-48-91(133)113-31-13-22-73(113)89(131)110-71(41-76(119)98-45-77(120)102-69(39-74(93)117)86(128)106-67(37-55-43-97-62-21-12-10-19-60(55)62)85(127)108-68(38-56-44-95-47-100-56)80(122)99-46-78(121)112-79(49(2)114)90(132)101-48)88(130)107-66(36-54-42-96-61-20-11-9-18-59(54)61)84(126)104-63(32-50-14-5-3-6-15-50)81(123)103-64(33-51-16-7-4-8-17-51)82(124)109-70(40-75(94)118)87(129)105-65(34-52-23-27-57(115)28-24-52)83(125)111-72(92(134)135)35-53-25-29-58(116)30-26-53/h3-12,14-21,23-30,42-44,47-49,63-73,79,96-97,114-116H,13,22,31-41,45-46H2,1-2H3,(H2,93,117)(H2,94,118)(H,95,100)(H,98,119)(H,99,122)(H,101,132)(H,102,120)(H,103,123)(H,104,126)(H,105,129)(H,106,128)(H,107,130)(H,108,127)(H,109,124)(H,110,131)(H,111,125)(H,112,121)(H,134,135)/t48-,49+,63-,64-,65-,66-,67-,68+,69+,70-,71+,72-,73+,79+/m0/s1. The Morgan fingerprint density at radius 3 is 1.46 bits per heavy atom. The molecule has 2 saturated heterocycles. The second-order valence-electron chi connectivity index (χ2n) is 32.8. The summed E-state index contributed by atoms with van der Waals surface area (Å²) in [5.41, 5.74) is 15.2. The number of fused-ring (bicyclic) bond motifs is 3. The lowest BCUT2D eigenvalue weighted by Crippen LogP contribution is -2.62. The number of phenols is 2. The van der Waals surface area contributed by atoms with E-state index < -0.39 is 230 Å². The number of carbonyl (C=O) groups excluding carboxylic acids is 17. The number of imidazole rings is 1. The maximum absolute atomic E-state index is 15.7. The summed E-state index contributed by atoms with van der Waals surface area (Å²) in [5.74, 6) is -20.7. The van der Waals surface area contributed by atoms with Crippen LogP contribution in [-0.2, 0) is 131 Å². The number of aliphatic carboxylic acids is 1. The van der Waals surface area contributed by atoms with Crippen LogP contribution < -0.4 is 85.9 Å². The molecule has 710 valence electrons. The first-order valence-corrected chi connectivity index (χ1v) is 43.2. The number of primary amides is 2. The van der Waals surface area contributed by atoms with Gasteiger partial charge in [0.2, 0.25) is 100 Å². The van der Waals surface area contributed by atoms with Crippen molar-refractivity contribution in [2.24, 2.45) is 11.5 Å². The first-order chi connectivity index (χ1) is 64.6. The van der Waals surface area contributed by atoms with Gasteiger partial charge >= 0.3 is 5.97 Å². The molecule has 0 bridgehead atoms. The van der Waals surface area contributed by atoms with Crippen molar-refractivity contribution < 1.29 is 107 Å². The average Bonchev–Trinajstić information content (AvgIpc) is 1.81. The lowest BCUT2D eigenvalue weighted by atomic mass is 10.00. The number of rotatable bonds is 32. The average molecular weight is 1860 g/mol. The van der Waals surface area contributed by atoms with Crippen molar-refractivity contribution in [2.45, 2.75) is 176 Å². The number of aromatic amines is 3. The summed E-state index contributed by atoms with van der Waals surface area (Å²) < 4.78 is 0. The number of amides is 17. The van der Waals surface area contributed by atoms with Crippen molar-refractivity contribution in [1.82, 2.24) is 99.3 Å². The Kier molecular flexibility index (Phi) is 34.5. The maximum atomic E-state index is 15.7. The molecule has 5 heterocycles. The third-order valence-electron chi connectivity index (χ3n) is 22.5. The third kappa shape index (κ3) is 28.6. The van der Waals surface area contributed by atoms with Gasteiger partial charge in [0.15, 0.2) is 0 Å². The molecule has 0 aliphatic carbocycles. The van der Waals surface area contributed by atoms with Crippen molar-refractivity contribution in [2.75, 3.05) is 19.6 Å². The van der Waals surface area contributed by atoms with Crippen LogP contribution in [0.5, 0.6) is 11.5 Å². The Bertz CT molecular complexity index is 5820. The Morgan fingerprint density at radius 1 is 0.467 bits per heavy atom. The lowest BCUT2D eigenvalue weighted by Gasteiger charge is -2.30. The number of hydrogen-bond acceptors (Lipinski definition) is 22. The number of nitrogens with one attached hydrogen (secondary N) is 17. The van der Waals surface area contributed by atoms with Gasteiger partial charge in [-0.3, -0.25) is 81.5 Å². The number of aliphatic hydroxyl groups is 1. The molecule has 135 heavy (non-hydrogen) atoms. The van der Waals surface area contributed by atoms with Crippen LogP contribution in [0.2, 0.25) is 0 Å². The zero-order chi connectivity index (χ0) is 97.1. The largest absolute Gasteiger partial charge is 0.508 e. The minimum Gasteiger partial charge on any atom is -0.508 e. The number of nitrogens with two attached hydrogens (primary N) is 2. The number of aromatic hydroxyl groups is 2. The minimum atomic E-state index is -2.09. The summed E-state index contributed by atoms with van der Waals surface area (Å²) in [4.78, 5) is 274. The number of carboxylic acids is 1. The highest BCUT2D eigenvalue weighted by Crippen LogP contribution is 2.25. The molecular formula is C92H105N21O22. The topological polar surface area (TPSA) is 672 Å². The van der Waals surface area contributed by atoms with Gasteiger partial charge in [0, 0.05) is 97.6 Å². The zero-order valence-electron chi connectivity index (χ0n) is 73.2. The number of H-pyrrole nitrogens is 3. The van der Waals surface area contributed by atoms with E-state index in [1.165, 1.54) is 74.2 Å². The van der Waals surface area contributed by atoms with E-state index in [1.54, 1.807) is 115 Å². The summed E-state index contributed by atoms with van der Waals surface area (Å²) in [6.07, 6.45) is -1.37. The van der Waals surface area contributed by atoms with E-state index in [9.17, 15) is 82.8 Å². The van der Waals surface area contributed by atoms with Crippen molar-refractivity contribution in [3.8, 4) is 11.5 Å². The van der Waals surface area contributed by atoms with Crippen LogP contribution in [0.4, 0.5) is 0 Å². The molecule has 2 aliphatic rings. The monoisotopic (exact) mass is 1860 g/mol. The fourth-order valence-corrected chi connectivity index (χ4v) is 15.5. The maximum Gasteiger partial charge on any atom is 0.326 e. The van der Waals surface area contributed by atoms with Crippen LogP contribution in [0, 0.1) is 0 Å². The second kappa shape index (κ2) is 46.9. The molecule has 2 aliphatic heterocycles. The number of benzene rings is 6. The first-order valence-electron chi connectivity index (χ1n) is 43.2. The summed E-state index contributed by atoms with van der Waals surface area (Å²) in [5, 5.41) is 77.3. The highest BCUT2D eigenvalue weighted by molar-refractivity contribution is 6.03. The van der Waals surface area contributed by atoms with Crippen molar-refractivity contribution in [3.05, 3.63) is 222 Å². The second-order valence-corrected chi connectivity index (χ2v) is 32.8. The molecule has 0 radical (unpaired) electrons. The van der Waals surface area contributed by atoms with E-state index in [0.29, 0.717) is 60.9 Å². The molecule has 0 spiro atoms. The Morgan fingerprint density at radius 2 is 0.933 bits per heavy atom. The Labute approximate surface area is 770 Å². The molecule has 17 amide bonds. The highest BCUT2D eigenvalue weighted by atomic mass is 16.4. The predicted octanol–water partition coefficient (Wildman–Crippen LogP) is -3.54. The van der Waals surface area contributed by atoms with E-state index in [2.05, 4.69) is 94.4 Å². The van der Waals surface area contributed by atoms with Gasteiger partial charge in [0.05, 0.1) is 44.8 Å². The van der Waals surface area contributed by atoms with E-state index >= 15 is 24.0 Å². The number of para-hydroxylation sites is 2. The molecule has 6 aromatic carbocycles. The molecule has 0 saturated carbocycles. The smallest absolute Gasteiger partial charge is 0.326 e. The van der Waals surface area contributed by atoms with Crippen molar-refractivity contribution in [1.29, 1.82) is 0 Å². The third-order valence-corrected chi connectivity index (χ3v) is 22.5. The van der Waals surface area contributed by atoms with Gasteiger partial charge in [-0.15, -0.1) is 0 Å². The number of aromatic nitrogens is 4. The number of aliphatic hydroxyl groups excluding tert-OH is 1. The van der Waals surface area contributed by atoms with Gasteiger partial charge in [-0.2, -0.15) is 0 Å².